The molecule has 0 spiro atoms. The zero-order valence-corrected chi connectivity index (χ0v) is 11.2. The number of hydrogen-bond donors (Lipinski definition) is 3. The molecule has 3 N–H and O–H groups in total. The van der Waals surface area contributed by atoms with Crippen molar-refractivity contribution in [1.82, 2.24) is 14.9 Å². The van der Waals surface area contributed by atoms with E-state index in [4.69, 9.17) is 5.11 Å². The molecule has 1 atom stereocenters. The average Bonchev–Trinajstić information content (AvgIpc) is 3.04. The molecule has 2 rings (SSSR count). The lowest BCUT2D eigenvalue weighted by molar-refractivity contribution is -0.138. The number of carbonyl (C=O) groups excluding carboxylic acids is 1. The normalized spacial score (nSPS) is 12.0. The van der Waals surface area contributed by atoms with Gasteiger partial charge in [-0.15, -0.1) is 11.3 Å². The lowest BCUT2D eigenvalue weighted by Gasteiger charge is -2.16. The Bertz CT molecular complexity index is 644. The molecule has 0 saturated heterocycles. The van der Waals surface area contributed by atoms with Crippen LogP contribution in [0.3, 0.4) is 0 Å². The van der Waals surface area contributed by atoms with Gasteiger partial charge in [0.1, 0.15) is 12.6 Å². The number of hydrogen-bond acceptors (Lipinski definition) is 4. The van der Waals surface area contributed by atoms with Crippen LogP contribution in [0.25, 0.3) is 0 Å². The summed E-state index contributed by atoms with van der Waals surface area (Å²) in [4.78, 5) is 37.6. The number of amides is 1. The molecule has 1 amide bonds. The molecule has 0 unspecified atom stereocenters. The van der Waals surface area contributed by atoms with Crippen LogP contribution in [0.4, 0.5) is 0 Å². The Morgan fingerprint density at radius 1 is 1.50 bits per heavy atom. The highest BCUT2D eigenvalue weighted by atomic mass is 32.1. The summed E-state index contributed by atoms with van der Waals surface area (Å²) in [6.07, 6.45) is 3.25. The number of carboxylic acids is 1. The lowest BCUT2D eigenvalue weighted by Crippen LogP contribution is -2.39. The first-order chi connectivity index (χ1) is 9.58. The standard InChI is InChI=1S/C12H13N3O4S/c16-10(17)7-14-11(18)9(6-8-2-1-5-20-8)15-4-3-13-12(15)19/h1-5,9H,6-7H2,(H,13,19)(H,14,18)(H,16,17)/t9-/m0/s1. The van der Waals surface area contributed by atoms with Gasteiger partial charge in [-0.25, -0.2) is 4.79 Å². The monoisotopic (exact) mass is 295 g/mol. The minimum absolute atomic E-state index is 0.334. The van der Waals surface area contributed by atoms with Crippen LogP contribution in [0.2, 0.25) is 0 Å². The third-order valence-corrected chi connectivity index (χ3v) is 3.60. The fourth-order valence-corrected chi connectivity index (χ4v) is 2.54. The van der Waals surface area contributed by atoms with Gasteiger partial charge in [0, 0.05) is 23.7 Å². The molecule has 2 heterocycles. The van der Waals surface area contributed by atoms with Gasteiger partial charge in [0.25, 0.3) is 0 Å². The van der Waals surface area contributed by atoms with Crippen molar-refractivity contribution < 1.29 is 14.7 Å². The quantitative estimate of drug-likeness (QED) is 0.709. The Morgan fingerprint density at radius 2 is 2.30 bits per heavy atom. The van der Waals surface area contributed by atoms with Crippen molar-refractivity contribution in [1.29, 1.82) is 0 Å². The van der Waals surface area contributed by atoms with Crippen LogP contribution >= 0.6 is 11.3 Å². The maximum Gasteiger partial charge on any atom is 0.326 e. The third-order valence-electron chi connectivity index (χ3n) is 2.70. The van der Waals surface area contributed by atoms with E-state index in [-0.39, 0.29) is 0 Å². The maximum atomic E-state index is 12.1. The number of H-pyrrole nitrogens is 1. The van der Waals surface area contributed by atoms with Crippen molar-refractivity contribution >= 4 is 23.2 Å². The Kier molecular flexibility index (Phi) is 4.36. The predicted molar refractivity (Wildman–Crippen MR) is 72.8 cm³/mol. The van der Waals surface area contributed by atoms with Gasteiger partial charge in [0.2, 0.25) is 5.91 Å². The minimum Gasteiger partial charge on any atom is -0.480 e. The second-order valence-corrected chi connectivity index (χ2v) is 5.12. The van der Waals surface area contributed by atoms with Crippen molar-refractivity contribution in [2.24, 2.45) is 0 Å². The number of thiophene rings is 1. The number of rotatable bonds is 6. The van der Waals surface area contributed by atoms with Gasteiger partial charge >= 0.3 is 11.7 Å². The minimum atomic E-state index is -1.13. The Labute approximate surface area is 117 Å². The molecule has 0 bridgehead atoms. The fraction of sp³-hybridized carbons (Fsp3) is 0.250. The molecule has 0 aliphatic carbocycles. The highest BCUT2D eigenvalue weighted by molar-refractivity contribution is 7.09. The topological polar surface area (TPSA) is 104 Å². The molecule has 0 saturated carbocycles. The van der Waals surface area contributed by atoms with Crippen LogP contribution in [0.15, 0.2) is 34.7 Å². The van der Waals surface area contributed by atoms with Gasteiger partial charge in [-0.2, -0.15) is 0 Å². The summed E-state index contributed by atoms with van der Waals surface area (Å²) >= 11 is 1.47. The lowest BCUT2D eigenvalue weighted by atomic mass is 10.1. The van der Waals surface area contributed by atoms with E-state index in [1.165, 1.54) is 28.3 Å². The van der Waals surface area contributed by atoms with Gasteiger partial charge in [0.05, 0.1) is 0 Å². The molecule has 106 valence electrons. The molecule has 0 aliphatic rings. The van der Waals surface area contributed by atoms with E-state index < -0.39 is 30.2 Å². The summed E-state index contributed by atoms with van der Waals surface area (Å²) in [5, 5.41) is 12.8. The molecule has 20 heavy (non-hydrogen) atoms. The first-order valence-electron chi connectivity index (χ1n) is 5.85. The maximum absolute atomic E-state index is 12.1. The number of carbonyl (C=O) groups is 2. The zero-order chi connectivity index (χ0) is 14.5. The van der Waals surface area contributed by atoms with Gasteiger partial charge in [-0.3, -0.25) is 14.2 Å². The fourth-order valence-electron chi connectivity index (χ4n) is 1.79. The Hall–Kier alpha value is -2.35. The van der Waals surface area contributed by atoms with E-state index >= 15 is 0 Å². The first-order valence-corrected chi connectivity index (χ1v) is 6.73. The number of aromatic nitrogens is 2. The van der Waals surface area contributed by atoms with Gasteiger partial charge in [-0.1, -0.05) is 6.07 Å². The smallest absolute Gasteiger partial charge is 0.326 e. The van der Waals surface area contributed by atoms with Crippen molar-refractivity contribution in [2.75, 3.05) is 6.54 Å². The summed E-state index contributed by atoms with van der Waals surface area (Å²) in [7, 11) is 0. The number of carboxylic acid groups (broad SMARTS) is 1. The number of aliphatic carboxylic acids is 1. The van der Waals surface area contributed by atoms with E-state index in [9.17, 15) is 14.4 Å². The highest BCUT2D eigenvalue weighted by Crippen LogP contribution is 2.17. The summed E-state index contributed by atoms with van der Waals surface area (Å²) < 4.78 is 1.26. The Balaban J connectivity index is 2.20. The summed E-state index contributed by atoms with van der Waals surface area (Å²) in [6.45, 7) is -0.473. The van der Waals surface area contributed by atoms with E-state index in [1.54, 1.807) is 0 Å². The van der Waals surface area contributed by atoms with Crippen LogP contribution in [0.5, 0.6) is 0 Å². The van der Waals surface area contributed by atoms with E-state index in [0.29, 0.717) is 6.42 Å². The third kappa shape index (κ3) is 3.35. The summed E-state index contributed by atoms with van der Waals surface area (Å²) in [6, 6.07) is 2.94. The van der Waals surface area contributed by atoms with Crippen molar-refractivity contribution in [3.8, 4) is 0 Å². The molecule has 0 aromatic carbocycles. The predicted octanol–water partition coefficient (Wildman–Crippen LogP) is 0.222. The molecule has 8 heteroatoms. The van der Waals surface area contributed by atoms with Gasteiger partial charge < -0.3 is 15.4 Å². The van der Waals surface area contributed by atoms with Crippen LogP contribution in [0, 0.1) is 0 Å². The molecule has 0 fully saturated rings. The molecule has 0 aliphatic heterocycles. The highest BCUT2D eigenvalue weighted by Gasteiger charge is 2.23. The summed E-state index contributed by atoms with van der Waals surface area (Å²) in [5.74, 6) is -1.63. The molecule has 2 aromatic heterocycles. The molecule has 0 radical (unpaired) electrons. The van der Waals surface area contributed by atoms with Gasteiger partial charge in [-0.05, 0) is 11.4 Å². The second kappa shape index (κ2) is 6.20. The van der Waals surface area contributed by atoms with Crippen LogP contribution in [0.1, 0.15) is 10.9 Å². The van der Waals surface area contributed by atoms with Crippen LogP contribution < -0.4 is 11.0 Å². The SMILES string of the molecule is O=C(O)CNC(=O)[C@H](Cc1cccs1)n1cc[nH]c1=O. The number of imidazole rings is 1. The molecular weight excluding hydrogens is 282 g/mol. The molecule has 2 aromatic rings. The molecular formula is C12H13N3O4S. The van der Waals surface area contributed by atoms with Crippen molar-refractivity contribution in [3.05, 3.63) is 45.3 Å². The van der Waals surface area contributed by atoms with E-state index in [1.807, 2.05) is 17.5 Å². The number of nitrogens with zero attached hydrogens (tertiary/aromatic N) is 1. The van der Waals surface area contributed by atoms with E-state index in [0.717, 1.165) is 4.88 Å². The first kappa shape index (κ1) is 14.1. The Morgan fingerprint density at radius 3 is 2.85 bits per heavy atom. The average molecular weight is 295 g/mol. The zero-order valence-electron chi connectivity index (χ0n) is 10.4. The largest absolute Gasteiger partial charge is 0.480 e. The number of nitrogens with one attached hydrogen (secondary N) is 2. The van der Waals surface area contributed by atoms with E-state index in [2.05, 4.69) is 10.3 Å². The van der Waals surface area contributed by atoms with Crippen molar-refractivity contribution in [3.63, 3.8) is 0 Å². The van der Waals surface area contributed by atoms with Crippen molar-refractivity contribution in [2.45, 2.75) is 12.5 Å². The van der Waals surface area contributed by atoms with Crippen LogP contribution in [-0.2, 0) is 16.0 Å². The number of aromatic amines is 1. The molecule has 7 nitrogen and oxygen atoms in total. The summed E-state index contributed by atoms with van der Waals surface area (Å²) in [5.41, 5.74) is -0.406. The van der Waals surface area contributed by atoms with Gasteiger partial charge in [0.15, 0.2) is 0 Å². The van der Waals surface area contributed by atoms with Crippen LogP contribution in [-0.4, -0.2) is 33.1 Å². The second-order valence-electron chi connectivity index (χ2n) is 4.08.